The average Bonchev–Trinajstić information content (AvgIpc) is 3.76. The van der Waals surface area contributed by atoms with Gasteiger partial charge in [-0.2, -0.15) is 0 Å². The molecular formula is C37H66O8. The van der Waals surface area contributed by atoms with Crippen LogP contribution >= 0.6 is 0 Å². The highest BCUT2D eigenvalue weighted by molar-refractivity contribution is 5.90. The molecule has 0 unspecified atom stereocenters. The van der Waals surface area contributed by atoms with E-state index in [0.717, 1.165) is 83.5 Å². The van der Waals surface area contributed by atoms with Gasteiger partial charge in [-0.3, -0.25) is 0 Å². The molecule has 3 aliphatic heterocycles. The molecule has 0 aliphatic carbocycles. The minimum absolute atomic E-state index is 0.00732. The summed E-state index contributed by atoms with van der Waals surface area (Å²) < 4.78 is 17.6. The van der Waals surface area contributed by atoms with Crippen molar-refractivity contribution < 1.29 is 39.4 Å². The number of aliphatic hydroxyl groups is 4. The summed E-state index contributed by atoms with van der Waals surface area (Å²) in [6.45, 7) is 4.06. The van der Waals surface area contributed by atoms with Gasteiger partial charge in [-0.05, 0) is 70.8 Å². The van der Waals surface area contributed by atoms with Crippen molar-refractivity contribution in [2.45, 2.75) is 216 Å². The fraction of sp³-hybridized carbons (Fsp3) is 0.919. The average molecular weight is 639 g/mol. The third kappa shape index (κ3) is 14.7. The van der Waals surface area contributed by atoms with Crippen molar-refractivity contribution in [3.05, 3.63) is 11.6 Å². The number of aliphatic hydroxyl groups excluding tert-OH is 4. The van der Waals surface area contributed by atoms with Crippen LogP contribution in [0.15, 0.2) is 11.6 Å². The maximum absolute atomic E-state index is 11.7. The van der Waals surface area contributed by atoms with Crippen molar-refractivity contribution in [3.63, 3.8) is 0 Å². The van der Waals surface area contributed by atoms with Gasteiger partial charge in [-0.25, -0.2) is 4.79 Å². The first-order valence-electron chi connectivity index (χ1n) is 18.7. The van der Waals surface area contributed by atoms with E-state index in [-0.39, 0.29) is 42.6 Å². The predicted molar refractivity (Wildman–Crippen MR) is 177 cm³/mol. The van der Waals surface area contributed by atoms with Gasteiger partial charge in [-0.1, -0.05) is 90.4 Å². The third-order valence-corrected chi connectivity index (χ3v) is 10.1. The Kier molecular flexibility index (Phi) is 18.6. The minimum atomic E-state index is -0.533. The Bertz CT molecular complexity index is 833. The summed E-state index contributed by atoms with van der Waals surface area (Å²) in [7, 11) is 0. The zero-order valence-corrected chi connectivity index (χ0v) is 28.5. The molecule has 3 aliphatic rings. The first-order valence-corrected chi connectivity index (χ1v) is 18.7. The summed E-state index contributed by atoms with van der Waals surface area (Å²) >= 11 is 0. The van der Waals surface area contributed by atoms with Crippen LogP contribution in [0.25, 0.3) is 0 Å². The molecule has 2 saturated heterocycles. The highest BCUT2D eigenvalue weighted by atomic mass is 16.6. The van der Waals surface area contributed by atoms with Gasteiger partial charge in [0.05, 0.1) is 48.8 Å². The SMILES string of the molecule is CCCCCCCCCC[C@H](O)[C@H]1CC[C@H]([C@@H]2CC[C@H]([C@H](O)CCCC[C@H](O)CCCCC[C@@H](O)CC3=C[C@H](C)OC3=O)O2)O1. The van der Waals surface area contributed by atoms with Gasteiger partial charge in [0.25, 0.3) is 0 Å². The van der Waals surface area contributed by atoms with Gasteiger partial charge in [0.2, 0.25) is 0 Å². The van der Waals surface area contributed by atoms with Crippen LogP contribution < -0.4 is 0 Å². The Morgan fingerprint density at radius 1 is 0.644 bits per heavy atom. The number of ether oxygens (including phenoxy) is 3. The molecule has 2 fully saturated rings. The Balaban J connectivity index is 1.16. The number of unbranched alkanes of at least 4 members (excludes halogenated alkanes) is 10. The summed E-state index contributed by atoms with van der Waals surface area (Å²) in [5, 5.41) is 42.0. The zero-order chi connectivity index (χ0) is 32.4. The van der Waals surface area contributed by atoms with E-state index < -0.39 is 18.3 Å². The standard InChI is InChI=1S/C37H66O8/c1-3-4-5-6-7-8-9-13-19-31(40)33-21-23-35(44-33)36-24-22-34(45-36)32(41)20-15-14-17-29(38)16-11-10-12-18-30(39)26-28-25-27(2)43-37(28)42/h25,27,29-36,38-41H,3-24,26H2,1-2H3/t27-,29+,30+,31-,32+,33+,34+,35+,36-/m0/s1. The lowest BCUT2D eigenvalue weighted by Gasteiger charge is -2.24. The normalized spacial score (nSPS) is 27.8. The smallest absolute Gasteiger partial charge is 0.334 e. The van der Waals surface area contributed by atoms with E-state index in [1.807, 2.05) is 6.92 Å². The maximum atomic E-state index is 11.7. The van der Waals surface area contributed by atoms with Crippen molar-refractivity contribution in [2.75, 3.05) is 0 Å². The van der Waals surface area contributed by atoms with E-state index in [2.05, 4.69) is 6.92 Å². The van der Waals surface area contributed by atoms with Gasteiger partial charge >= 0.3 is 5.97 Å². The monoisotopic (exact) mass is 638 g/mol. The topological polar surface area (TPSA) is 126 Å². The molecule has 9 atom stereocenters. The van der Waals surface area contributed by atoms with Crippen LogP contribution in [0.1, 0.15) is 162 Å². The quantitative estimate of drug-likeness (QED) is 0.0634. The molecule has 0 spiro atoms. The van der Waals surface area contributed by atoms with Gasteiger partial charge in [0.15, 0.2) is 0 Å². The van der Waals surface area contributed by atoms with Crippen molar-refractivity contribution in [3.8, 4) is 0 Å². The van der Waals surface area contributed by atoms with E-state index in [9.17, 15) is 25.2 Å². The van der Waals surface area contributed by atoms with Gasteiger partial charge in [-0.15, -0.1) is 0 Å². The summed E-state index contributed by atoms with van der Waals surface area (Å²) in [4.78, 5) is 11.7. The fourth-order valence-corrected chi connectivity index (χ4v) is 7.30. The summed E-state index contributed by atoms with van der Waals surface area (Å²) in [5.74, 6) is -0.315. The Morgan fingerprint density at radius 2 is 1.09 bits per heavy atom. The van der Waals surface area contributed by atoms with Crippen LogP contribution in [-0.2, 0) is 19.0 Å². The summed E-state index contributed by atoms with van der Waals surface area (Å²) in [6, 6.07) is 0. The molecule has 0 radical (unpaired) electrons. The predicted octanol–water partition coefficient (Wildman–Crippen LogP) is 6.83. The lowest BCUT2D eigenvalue weighted by atomic mass is 9.99. The number of hydrogen-bond acceptors (Lipinski definition) is 8. The van der Waals surface area contributed by atoms with Crippen molar-refractivity contribution in [2.24, 2.45) is 0 Å². The third-order valence-electron chi connectivity index (χ3n) is 10.1. The number of rotatable bonds is 25. The largest absolute Gasteiger partial charge is 0.455 e. The Morgan fingerprint density at radius 3 is 1.62 bits per heavy atom. The van der Waals surface area contributed by atoms with E-state index >= 15 is 0 Å². The zero-order valence-electron chi connectivity index (χ0n) is 28.5. The first kappa shape index (κ1) is 38.4. The molecule has 0 bridgehead atoms. The second-order valence-electron chi connectivity index (χ2n) is 14.2. The number of esters is 1. The van der Waals surface area contributed by atoms with Gasteiger partial charge in [0.1, 0.15) is 6.10 Å². The van der Waals surface area contributed by atoms with E-state index in [1.54, 1.807) is 6.08 Å². The Labute approximate surface area is 273 Å². The van der Waals surface area contributed by atoms with Gasteiger partial charge < -0.3 is 34.6 Å². The lowest BCUT2D eigenvalue weighted by Crippen LogP contribution is -2.33. The van der Waals surface area contributed by atoms with Crippen LogP contribution in [0.5, 0.6) is 0 Å². The molecule has 0 saturated carbocycles. The van der Waals surface area contributed by atoms with Crippen molar-refractivity contribution >= 4 is 5.97 Å². The molecule has 0 aromatic carbocycles. The molecule has 8 heteroatoms. The van der Waals surface area contributed by atoms with Crippen molar-refractivity contribution in [1.29, 1.82) is 0 Å². The molecular weight excluding hydrogens is 572 g/mol. The van der Waals surface area contributed by atoms with Crippen LogP contribution in [0, 0.1) is 0 Å². The lowest BCUT2D eigenvalue weighted by molar-refractivity contribution is -0.139. The summed E-state index contributed by atoms with van der Waals surface area (Å²) in [6.07, 6.45) is 21.7. The number of carbonyl (C=O) groups excluding carboxylic acids is 1. The van der Waals surface area contributed by atoms with E-state index in [4.69, 9.17) is 14.2 Å². The second kappa shape index (κ2) is 21.8. The maximum Gasteiger partial charge on any atom is 0.334 e. The minimum Gasteiger partial charge on any atom is -0.455 e. The molecule has 3 rings (SSSR count). The second-order valence-corrected chi connectivity index (χ2v) is 14.2. The van der Waals surface area contributed by atoms with Crippen LogP contribution in [0.4, 0.5) is 0 Å². The molecule has 0 amide bonds. The number of cyclic esters (lactones) is 1. The fourth-order valence-electron chi connectivity index (χ4n) is 7.30. The summed E-state index contributed by atoms with van der Waals surface area (Å²) in [5.41, 5.74) is 0.575. The Hall–Kier alpha value is -1.03. The molecule has 0 aromatic heterocycles. The molecule has 4 N–H and O–H groups in total. The molecule has 3 heterocycles. The molecule has 262 valence electrons. The van der Waals surface area contributed by atoms with Crippen molar-refractivity contribution in [1.82, 2.24) is 0 Å². The molecule has 8 nitrogen and oxygen atoms in total. The number of hydrogen-bond donors (Lipinski definition) is 4. The molecule has 45 heavy (non-hydrogen) atoms. The van der Waals surface area contributed by atoms with Crippen LogP contribution in [0.3, 0.4) is 0 Å². The highest BCUT2D eigenvalue weighted by Crippen LogP contribution is 2.34. The van der Waals surface area contributed by atoms with Crippen LogP contribution in [0.2, 0.25) is 0 Å². The van der Waals surface area contributed by atoms with Crippen LogP contribution in [-0.4, -0.2) is 81.3 Å². The molecule has 0 aromatic rings. The first-order chi connectivity index (χ1) is 21.8. The van der Waals surface area contributed by atoms with Gasteiger partial charge in [0, 0.05) is 12.0 Å². The van der Waals surface area contributed by atoms with E-state index in [0.29, 0.717) is 24.8 Å². The highest BCUT2D eigenvalue weighted by Gasteiger charge is 2.40. The van der Waals surface area contributed by atoms with E-state index in [1.165, 1.54) is 44.9 Å². The number of carbonyl (C=O) groups is 1.